The summed E-state index contributed by atoms with van der Waals surface area (Å²) in [5, 5.41) is 1.67. The average molecular weight is 311 g/mol. The molecule has 0 N–H and O–H groups in total. The van der Waals surface area contributed by atoms with Gasteiger partial charge in [-0.2, -0.15) is 4.31 Å². The van der Waals surface area contributed by atoms with Crippen molar-refractivity contribution in [2.45, 2.75) is 17.2 Å². The van der Waals surface area contributed by atoms with Gasteiger partial charge in [-0.1, -0.05) is 0 Å². The predicted octanol–water partition coefficient (Wildman–Crippen LogP) is 1.14. The van der Waals surface area contributed by atoms with Gasteiger partial charge in [0.25, 0.3) is 10.0 Å². The number of methoxy groups -OCH3 is 1. The van der Waals surface area contributed by atoms with Gasteiger partial charge in [0.2, 0.25) is 0 Å². The highest BCUT2D eigenvalue weighted by Gasteiger charge is 2.29. The Hall–Kier alpha value is -0.440. The Morgan fingerprint density at radius 3 is 2.67 bits per heavy atom. The first-order chi connectivity index (χ1) is 8.30. The van der Waals surface area contributed by atoms with E-state index in [1.54, 1.807) is 24.6 Å². The number of sulfonamides is 1. The van der Waals surface area contributed by atoms with E-state index in [1.165, 1.54) is 18.5 Å². The minimum atomic E-state index is -3.59. The molecule has 2 unspecified atom stereocenters. The Kier molecular flexibility index (Phi) is 5.32. The van der Waals surface area contributed by atoms with E-state index in [1.807, 2.05) is 0 Å². The highest BCUT2D eigenvalue weighted by atomic mass is 32.2. The van der Waals surface area contributed by atoms with Crippen LogP contribution in [0, 0.1) is 0 Å². The molecular weight excluding hydrogens is 294 g/mol. The predicted molar refractivity (Wildman–Crippen MR) is 74.2 cm³/mol. The average Bonchev–Trinajstić information content (AvgIpc) is 2.75. The van der Waals surface area contributed by atoms with Crippen molar-refractivity contribution in [2.75, 3.05) is 26.2 Å². The van der Waals surface area contributed by atoms with Gasteiger partial charge in [0.1, 0.15) is 5.75 Å². The number of ether oxygens (including phenoxy) is 1. The molecule has 0 fully saturated rings. The summed E-state index contributed by atoms with van der Waals surface area (Å²) < 4.78 is 42.3. The first kappa shape index (κ1) is 15.6. The Labute approximate surface area is 114 Å². The summed E-state index contributed by atoms with van der Waals surface area (Å²) in [5.41, 5.74) is 0. The monoisotopic (exact) mass is 311 g/mol. The van der Waals surface area contributed by atoms with E-state index in [4.69, 9.17) is 4.74 Å². The molecule has 2 atom stereocenters. The van der Waals surface area contributed by atoms with Gasteiger partial charge in [-0.05, 0) is 18.4 Å². The van der Waals surface area contributed by atoms with Gasteiger partial charge in [-0.15, -0.1) is 11.3 Å². The van der Waals surface area contributed by atoms with Crippen LogP contribution in [0.15, 0.2) is 15.7 Å². The third-order valence-electron chi connectivity index (χ3n) is 2.53. The molecule has 1 rings (SSSR count). The number of nitrogens with zero attached hydrogens (tertiary/aromatic N) is 1. The molecule has 18 heavy (non-hydrogen) atoms. The molecule has 0 amide bonds. The molecule has 0 aliphatic heterocycles. The lowest BCUT2D eigenvalue weighted by Crippen LogP contribution is -2.38. The summed E-state index contributed by atoms with van der Waals surface area (Å²) in [6.07, 6.45) is 1.56. The van der Waals surface area contributed by atoms with Gasteiger partial charge in [0, 0.05) is 35.9 Å². The first-order valence-corrected chi connectivity index (χ1v) is 9.25. The Balaban J connectivity index is 3.03. The fraction of sp³-hybridized carbons (Fsp3) is 0.600. The van der Waals surface area contributed by atoms with Gasteiger partial charge >= 0.3 is 0 Å². The van der Waals surface area contributed by atoms with E-state index < -0.39 is 20.8 Å². The van der Waals surface area contributed by atoms with Crippen LogP contribution < -0.4 is 4.74 Å². The second-order valence-corrected chi connectivity index (χ2v) is 8.48. The molecule has 8 heteroatoms. The van der Waals surface area contributed by atoms with E-state index in [-0.39, 0.29) is 10.3 Å². The van der Waals surface area contributed by atoms with E-state index >= 15 is 0 Å². The molecule has 5 nitrogen and oxygen atoms in total. The quantitative estimate of drug-likeness (QED) is 0.790. The van der Waals surface area contributed by atoms with Crippen molar-refractivity contribution in [3.63, 3.8) is 0 Å². The lowest BCUT2D eigenvalue weighted by molar-refractivity contribution is 0.393. The molecule has 1 aromatic heterocycles. The number of hydrogen-bond acceptors (Lipinski definition) is 5. The maximum absolute atomic E-state index is 12.4. The summed E-state index contributed by atoms with van der Waals surface area (Å²) in [7, 11) is -1.70. The second-order valence-electron chi connectivity index (χ2n) is 3.89. The van der Waals surface area contributed by atoms with Crippen molar-refractivity contribution in [1.29, 1.82) is 0 Å². The van der Waals surface area contributed by atoms with Crippen LogP contribution in [0.5, 0.6) is 5.75 Å². The molecule has 0 aromatic carbocycles. The minimum Gasteiger partial charge on any atom is -0.494 e. The highest BCUT2D eigenvalue weighted by Crippen LogP contribution is 2.32. The molecule has 0 aliphatic rings. The largest absolute Gasteiger partial charge is 0.494 e. The third-order valence-corrected chi connectivity index (χ3v) is 6.87. The zero-order valence-corrected chi connectivity index (χ0v) is 13.2. The molecule has 104 valence electrons. The molecule has 0 bridgehead atoms. The second kappa shape index (κ2) is 6.14. The molecule has 0 saturated heterocycles. The van der Waals surface area contributed by atoms with Crippen LogP contribution in [-0.2, 0) is 20.8 Å². The number of thiophene rings is 1. The molecule has 1 heterocycles. The third kappa shape index (κ3) is 3.31. The van der Waals surface area contributed by atoms with E-state index in [0.717, 1.165) is 11.3 Å². The summed E-state index contributed by atoms with van der Waals surface area (Å²) in [5.74, 6) is 0.653. The number of rotatable bonds is 6. The molecule has 0 spiro atoms. The van der Waals surface area contributed by atoms with Gasteiger partial charge in [-0.25, -0.2) is 8.42 Å². The van der Waals surface area contributed by atoms with Gasteiger partial charge in [-0.3, -0.25) is 4.21 Å². The van der Waals surface area contributed by atoms with Crippen molar-refractivity contribution in [3.8, 4) is 5.75 Å². The van der Waals surface area contributed by atoms with Crippen LogP contribution in [-0.4, -0.2) is 49.1 Å². The zero-order valence-electron chi connectivity index (χ0n) is 10.7. The molecule has 0 aliphatic carbocycles. The normalized spacial score (nSPS) is 15.6. The lowest BCUT2D eigenvalue weighted by atomic mass is 10.4. The van der Waals surface area contributed by atoms with Crippen LogP contribution in [0.25, 0.3) is 0 Å². The van der Waals surface area contributed by atoms with E-state index in [2.05, 4.69) is 0 Å². The molecular formula is C10H17NO4S3. The molecule has 1 aromatic rings. The topological polar surface area (TPSA) is 63.7 Å². The van der Waals surface area contributed by atoms with Gasteiger partial charge in [0.05, 0.1) is 7.11 Å². The molecule has 0 radical (unpaired) electrons. The van der Waals surface area contributed by atoms with Crippen LogP contribution in [0.3, 0.4) is 0 Å². The van der Waals surface area contributed by atoms with Crippen molar-refractivity contribution < 1.29 is 17.4 Å². The lowest BCUT2D eigenvalue weighted by Gasteiger charge is -2.23. The Morgan fingerprint density at radius 1 is 1.56 bits per heavy atom. The van der Waals surface area contributed by atoms with E-state index in [9.17, 15) is 12.6 Å². The summed E-state index contributed by atoms with van der Waals surface area (Å²) >= 11 is 1.12. The van der Waals surface area contributed by atoms with Crippen LogP contribution in [0.4, 0.5) is 0 Å². The minimum absolute atomic E-state index is 0.182. The van der Waals surface area contributed by atoms with Crippen LogP contribution in [0.1, 0.15) is 6.92 Å². The van der Waals surface area contributed by atoms with Crippen molar-refractivity contribution >= 4 is 32.2 Å². The van der Waals surface area contributed by atoms with Crippen molar-refractivity contribution in [1.82, 2.24) is 4.31 Å². The highest BCUT2D eigenvalue weighted by molar-refractivity contribution is 7.91. The van der Waals surface area contributed by atoms with Gasteiger partial charge in [0.15, 0.2) is 4.21 Å². The maximum atomic E-state index is 12.4. The first-order valence-electron chi connectivity index (χ1n) is 5.20. The van der Waals surface area contributed by atoms with Crippen LogP contribution >= 0.6 is 11.3 Å². The summed E-state index contributed by atoms with van der Waals surface area (Å²) in [4.78, 5) is 0. The fourth-order valence-electron chi connectivity index (χ4n) is 1.44. The maximum Gasteiger partial charge on any atom is 0.256 e. The number of hydrogen-bond donors (Lipinski definition) is 0. The van der Waals surface area contributed by atoms with E-state index in [0.29, 0.717) is 11.5 Å². The summed E-state index contributed by atoms with van der Waals surface area (Å²) in [6.45, 7) is 1.74. The van der Waals surface area contributed by atoms with Crippen molar-refractivity contribution in [3.05, 3.63) is 11.4 Å². The zero-order chi connectivity index (χ0) is 13.9. The summed E-state index contributed by atoms with van der Waals surface area (Å²) in [6, 6.07) is 1.29. The Morgan fingerprint density at radius 2 is 2.17 bits per heavy atom. The SMILES string of the molecule is COc1ccsc1S(=O)(=O)N(C)C(C)CS(C)=O. The smallest absolute Gasteiger partial charge is 0.256 e. The van der Waals surface area contributed by atoms with Crippen molar-refractivity contribution in [2.24, 2.45) is 0 Å². The fourth-order valence-corrected chi connectivity index (χ4v) is 5.24. The van der Waals surface area contributed by atoms with Crippen LogP contribution in [0.2, 0.25) is 0 Å². The Bertz CT molecular complexity index is 523. The van der Waals surface area contributed by atoms with Gasteiger partial charge < -0.3 is 4.74 Å². The standard InChI is InChI=1S/C10H17NO4S3/c1-8(7-17(4)12)11(2)18(13,14)10-9(15-3)5-6-16-10/h5-6,8H,7H2,1-4H3. The molecule has 0 saturated carbocycles.